The molecule has 1 amide bonds. The number of nitriles is 1. The molecule has 138 valence electrons. The molecular weight excluding hydrogens is 358 g/mol. The Hall–Kier alpha value is -2.65. The molecule has 0 saturated carbocycles. The molecule has 0 spiro atoms. The van der Waals surface area contributed by atoms with E-state index in [4.69, 9.17) is 0 Å². The van der Waals surface area contributed by atoms with E-state index in [0.717, 1.165) is 31.5 Å². The lowest BCUT2D eigenvalue weighted by Gasteiger charge is -2.23. The Bertz CT molecular complexity index is 900. The smallest absolute Gasteiger partial charge is 0.240 e. The summed E-state index contributed by atoms with van der Waals surface area (Å²) in [5.41, 5.74) is 2.23. The van der Waals surface area contributed by atoms with Crippen molar-refractivity contribution in [2.24, 2.45) is 0 Å². The van der Waals surface area contributed by atoms with E-state index in [2.05, 4.69) is 11.1 Å². The maximum Gasteiger partial charge on any atom is 0.240 e. The van der Waals surface area contributed by atoms with Gasteiger partial charge >= 0.3 is 0 Å². The molecule has 1 aliphatic heterocycles. The van der Waals surface area contributed by atoms with E-state index in [1.54, 1.807) is 13.0 Å². The number of Topliss-reactive ketones (excluding diaryl/α,β-unsaturated/α-hetero) is 1. The predicted octanol–water partition coefficient (Wildman–Crippen LogP) is 3.92. The van der Waals surface area contributed by atoms with Gasteiger partial charge in [-0.1, -0.05) is 42.1 Å². The van der Waals surface area contributed by atoms with Gasteiger partial charge in [-0.3, -0.25) is 9.59 Å². The molecule has 27 heavy (non-hydrogen) atoms. The molecule has 1 fully saturated rings. The van der Waals surface area contributed by atoms with Gasteiger partial charge in [-0.15, -0.1) is 0 Å². The Labute approximate surface area is 163 Å². The van der Waals surface area contributed by atoms with Crippen LogP contribution in [0.15, 0.2) is 41.4 Å². The van der Waals surface area contributed by atoms with Crippen LogP contribution in [0.3, 0.4) is 0 Å². The van der Waals surface area contributed by atoms with Gasteiger partial charge in [0.25, 0.3) is 0 Å². The van der Waals surface area contributed by atoms with Crippen LogP contribution in [0.2, 0.25) is 0 Å². The number of ketones is 1. The summed E-state index contributed by atoms with van der Waals surface area (Å²) >= 11 is 1.29. The number of amides is 1. The summed E-state index contributed by atoms with van der Waals surface area (Å²) in [6.45, 7) is 4.75. The van der Waals surface area contributed by atoms with E-state index >= 15 is 0 Å². The molecule has 3 rings (SSSR count). The fourth-order valence-corrected chi connectivity index (χ4v) is 4.40. The Morgan fingerprint density at radius 3 is 2.48 bits per heavy atom. The largest absolute Gasteiger partial charge is 0.341 e. The zero-order valence-corrected chi connectivity index (χ0v) is 16.3. The number of carbonyl (C=O) groups excluding carboxylic acids is 2. The van der Waals surface area contributed by atoms with Gasteiger partial charge in [0.05, 0.1) is 5.56 Å². The van der Waals surface area contributed by atoms with E-state index in [1.165, 1.54) is 18.7 Å². The van der Waals surface area contributed by atoms with Gasteiger partial charge in [-0.25, -0.2) is 4.98 Å². The molecule has 1 atom stereocenters. The van der Waals surface area contributed by atoms with Crippen LogP contribution in [-0.4, -0.2) is 34.7 Å². The third-order valence-corrected chi connectivity index (χ3v) is 5.90. The molecule has 1 saturated heterocycles. The number of likely N-dealkylation sites (tertiary alicyclic amines) is 1. The van der Waals surface area contributed by atoms with E-state index < -0.39 is 5.25 Å². The molecule has 5 nitrogen and oxygen atoms in total. The van der Waals surface area contributed by atoms with E-state index in [9.17, 15) is 14.9 Å². The number of hydrogen-bond donors (Lipinski definition) is 0. The molecule has 1 aromatic heterocycles. The van der Waals surface area contributed by atoms with Crippen LogP contribution in [0, 0.1) is 18.3 Å². The molecule has 0 radical (unpaired) electrons. The number of aromatic nitrogens is 1. The minimum absolute atomic E-state index is 0.0442. The van der Waals surface area contributed by atoms with Crippen LogP contribution in [0.25, 0.3) is 0 Å². The van der Waals surface area contributed by atoms with Crippen LogP contribution >= 0.6 is 11.8 Å². The zero-order chi connectivity index (χ0) is 19.4. The van der Waals surface area contributed by atoms with Crippen molar-refractivity contribution in [3.05, 3.63) is 58.8 Å². The summed E-state index contributed by atoms with van der Waals surface area (Å²) in [5.74, 6) is -0.0801. The van der Waals surface area contributed by atoms with Crippen molar-refractivity contribution in [3.63, 3.8) is 0 Å². The van der Waals surface area contributed by atoms with Gasteiger partial charge in [0, 0.05) is 24.3 Å². The van der Waals surface area contributed by atoms with Gasteiger partial charge in [-0.2, -0.15) is 5.26 Å². The topological polar surface area (TPSA) is 74.1 Å². The Morgan fingerprint density at radius 2 is 1.89 bits per heavy atom. The third-order valence-electron chi connectivity index (χ3n) is 4.65. The van der Waals surface area contributed by atoms with Gasteiger partial charge in [0.15, 0.2) is 5.78 Å². The van der Waals surface area contributed by atoms with Gasteiger partial charge in [0.2, 0.25) is 5.91 Å². The lowest BCUT2D eigenvalue weighted by molar-refractivity contribution is -0.129. The van der Waals surface area contributed by atoms with Crippen molar-refractivity contribution in [1.29, 1.82) is 5.26 Å². The van der Waals surface area contributed by atoms with Gasteiger partial charge < -0.3 is 4.90 Å². The highest BCUT2D eigenvalue weighted by atomic mass is 32.2. The van der Waals surface area contributed by atoms with Crippen molar-refractivity contribution in [1.82, 2.24) is 9.88 Å². The summed E-state index contributed by atoms with van der Waals surface area (Å²) < 4.78 is 0. The molecule has 0 aliphatic carbocycles. The second-order valence-electron chi connectivity index (χ2n) is 6.58. The fourth-order valence-electron chi connectivity index (χ4n) is 3.21. The van der Waals surface area contributed by atoms with Crippen molar-refractivity contribution in [3.8, 4) is 6.07 Å². The number of benzene rings is 1. The number of hydrogen-bond acceptors (Lipinski definition) is 5. The maximum atomic E-state index is 13.2. The standard InChI is InChI=1S/C21H21N3O2S/c1-14-18(15(2)25)12-17(13-22)20(23-14)27-19(16-8-4-3-5-9-16)21(26)24-10-6-7-11-24/h3-5,8-9,12,19H,6-7,10-11H2,1-2H3/t19-/m1/s1. The summed E-state index contributed by atoms with van der Waals surface area (Å²) in [6.07, 6.45) is 2.04. The van der Waals surface area contributed by atoms with E-state index in [1.807, 2.05) is 35.2 Å². The molecule has 2 aromatic rings. The quantitative estimate of drug-likeness (QED) is 0.581. The molecular formula is C21H21N3O2S. The van der Waals surface area contributed by atoms with Gasteiger partial charge in [0.1, 0.15) is 16.3 Å². The Morgan fingerprint density at radius 1 is 1.22 bits per heavy atom. The Kier molecular flexibility index (Phi) is 5.92. The molecule has 0 unspecified atom stereocenters. The first-order valence-corrected chi connectivity index (χ1v) is 9.82. The van der Waals surface area contributed by atoms with Crippen molar-refractivity contribution in [2.75, 3.05) is 13.1 Å². The lowest BCUT2D eigenvalue weighted by Crippen LogP contribution is -2.31. The highest BCUT2D eigenvalue weighted by Gasteiger charge is 2.30. The van der Waals surface area contributed by atoms with E-state index in [0.29, 0.717) is 21.8 Å². The van der Waals surface area contributed by atoms with Crippen LogP contribution in [0.5, 0.6) is 0 Å². The second kappa shape index (κ2) is 8.36. The van der Waals surface area contributed by atoms with Crippen LogP contribution < -0.4 is 0 Å². The number of thioether (sulfide) groups is 1. The molecule has 6 heteroatoms. The van der Waals surface area contributed by atoms with Crippen molar-refractivity contribution in [2.45, 2.75) is 37.0 Å². The molecule has 2 heterocycles. The Balaban J connectivity index is 1.99. The second-order valence-corrected chi connectivity index (χ2v) is 7.68. The van der Waals surface area contributed by atoms with Crippen LogP contribution in [0.1, 0.15) is 52.2 Å². The number of rotatable bonds is 5. The minimum atomic E-state index is -0.466. The number of carbonyl (C=O) groups is 2. The predicted molar refractivity (Wildman–Crippen MR) is 105 cm³/mol. The highest BCUT2D eigenvalue weighted by Crippen LogP contribution is 2.38. The normalized spacial score (nSPS) is 14.6. The summed E-state index contributed by atoms with van der Waals surface area (Å²) in [4.78, 5) is 31.3. The minimum Gasteiger partial charge on any atom is -0.341 e. The highest BCUT2D eigenvalue weighted by molar-refractivity contribution is 8.00. The molecule has 0 N–H and O–H groups in total. The summed E-state index contributed by atoms with van der Waals surface area (Å²) in [6, 6.07) is 13.3. The lowest BCUT2D eigenvalue weighted by atomic mass is 10.1. The fraction of sp³-hybridized carbons (Fsp3) is 0.333. The van der Waals surface area contributed by atoms with Crippen LogP contribution in [-0.2, 0) is 4.79 Å². The first-order valence-electron chi connectivity index (χ1n) is 8.94. The van der Waals surface area contributed by atoms with Crippen molar-refractivity contribution >= 4 is 23.5 Å². The molecule has 1 aliphatic rings. The van der Waals surface area contributed by atoms with E-state index in [-0.39, 0.29) is 11.7 Å². The summed E-state index contributed by atoms with van der Waals surface area (Å²) in [7, 11) is 0. The average Bonchev–Trinajstić information content (AvgIpc) is 3.21. The van der Waals surface area contributed by atoms with Gasteiger partial charge in [-0.05, 0) is 38.3 Å². The molecule has 0 bridgehead atoms. The first-order chi connectivity index (χ1) is 13.0. The van der Waals surface area contributed by atoms with Crippen molar-refractivity contribution < 1.29 is 9.59 Å². The first kappa shape index (κ1) is 19.1. The number of nitrogens with zero attached hydrogens (tertiary/aromatic N) is 3. The third kappa shape index (κ3) is 4.20. The monoisotopic (exact) mass is 379 g/mol. The zero-order valence-electron chi connectivity index (χ0n) is 15.4. The maximum absolute atomic E-state index is 13.2. The number of pyridine rings is 1. The SMILES string of the molecule is CC(=O)c1cc(C#N)c(S[C@@H](C(=O)N2CCCC2)c2ccccc2)nc1C. The summed E-state index contributed by atoms with van der Waals surface area (Å²) in [5, 5.41) is 9.56. The number of aryl methyl sites for hydroxylation is 1. The average molecular weight is 379 g/mol. The van der Waals surface area contributed by atoms with Crippen LogP contribution in [0.4, 0.5) is 0 Å². The molecule has 1 aromatic carbocycles.